The lowest BCUT2D eigenvalue weighted by molar-refractivity contribution is 0.298. The molecule has 0 fully saturated rings. The summed E-state index contributed by atoms with van der Waals surface area (Å²) >= 11 is 0. The van der Waals surface area contributed by atoms with Crippen LogP contribution in [-0.2, 0) is 6.61 Å². The van der Waals surface area contributed by atoms with E-state index in [0.717, 1.165) is 12.1 Å². The van der Waals surface area contributed by atoms with Crippen molar-refractivity contribution in [2.75, 3.05) is 7.05 Å². The Balaban J connectivity index is 1.99. The number of hydrogen-bond donors (Lipinski definition) is 1. The molecule has 0 aliphatic rings. The van der Waals surface area contributed by atoms with Crippen LogP contribution in [0.4, 0.5) is 4.39 Å². The van der Waals surface area contributed by atoms with E-state index in [1.54, 1.807) is 24.4 Å². The fraction of sp³-hybridized carbons (Fsp3) is 0.312. The molecule has 0 amide bonds. The van der Waals surface area contributed by atoms with E-state index in [4.69, 9.17) is 4.74 Å². The summed E-state index contributed by atoms with van der Waals surface area (Å²) in [5, 5.41) is 3.20. The van der Waals surface area contributed by atoms with Gasteiger partial charge in [0.05, 0.1) is 11.9 Å². The highest BCUT2D eigenvalue weighted by atomic mass is 19.1. The van der Waals surface area contributed by atoms with Crippen molar-refractivity contribution in [3.8, 4) is 5.75 Å². The summed E-state index contributed by atoms with van der Waals surface area (Å²) in [6.07, 6.45) is 2.65. The summed E-state index contributed by atoms with van der Waals surface area (Å²) in [7, 11) is 1.92. The average molecular weight is 274 g/mol. The molecule has 20 heavy (non-hydrogen) atoms. The zero-order chi connectivity index (χ0) is 14.4. The van der Waals surface area contributed by atoms with Crippen LogP contribution in [-0.4, -0.2) is 12.0 Å². The Kier molecular flexibility index (Phi) is 5.07. The van der Waals surface area contributed by atoms with Gasteiger partial charge in [-0.2, -0.15) is 0 Å². The maximum absolute atomic E-state index is 13.5. The zero-order valence-corrected chi connectivity index (χ0v) is 11.8. The SMILES string of the molecule is CCC(NC)c1ccc(OCc2ccccc2F)cn1. The minimum Gasteiger partial charge on any atom is -0.487 e. The van der Waals surface area contributed by atoms with E-state index in [2.05, 4.69) is 17.2 Å². The van der Waals surface area contributed by atoms with Gasteiger partial charge in [-0.05, 0) is 31.7 Å². The summed E-state index contributed by atoms with van der Waals surface area (Å²) < 4.78 is 19.0. The molecule has 0 aliphatic heterocycles. The van der Waals surface area contributed by atoms with Crippen LogP contribution >= 0.6 is 0 Å². The van der Waals surface area contributed by atoms with E-state index >= 15 is 0 Å². The molecule has 1 N–H and O–H groups in total. The minimum absolute atomic E-state index is 0.205. The molecule has 0 saturated heterocycles. The van der Waals surface area contributed by atoms with Crippen molar-refractivity contribution in [1.29, 1.82) is 0 Å². The van der Waals surface area contributed by atoms with Gasteiger partial charge < -0.3 is 10.1 Å². The first kappa shape index (κ1) is 14.5. The Hall–Kier alpha value is -1.94. The van der Waals surface area contributed by atoms with Crippen molar-refractivity contribution in [3.05, 3.63) is 59.7 Å². The Labute approximate surface area is 118 Å². The molecule has 1 aromatic carbocycles. The predicted octanol–water partition coefficient (Wildman–Crippen LogP) is 3.47. The topological polar surface area (TPSA) is 34.1 Å². The van der Waals surface area contributed by atoms with Crippen LogP contribution in [0.25, 0.3) is 0 Å². The third-order valence-electron chi connectivity index (χ3n) is 3.23. The fourth-order valence-electron chi connectivity index (χ4n) is 2.02. The van der Waals surface area contributed by atoms with Crippen LogP contribution < -0.4 is 10.1 Å². The predicted molar refractivity (Wildman–Crippen MR) is 77.1 cm³/mol. The molecule has 3 nitrogen and oxygen atoms in total. The van der Waals surface area contributed by atoms with E-state index in [9.17, 15) is 4.39 Å². The van der Waals surface area contributed by atoms with Crippen molar-refractivity contribution in [2.24, 2.45) is 0 Å². The van der Waals surface area contributed by atoms with Gasteiger partial charge >= 0.3 is 0 Å². The number of ether oxygens (including phenoxy) is 1. The van der Waals surface area contributed by atoms with Crippen LogP contribution in [0.15, 0.2) is 42.6 Å². The Bertz CT molecular complexity index is 538. The normalized spacial score (nSPS) is 12.2. The Morgan fingerprint density at radius 2 is 2.05 bits per heavy atom. The van der Waals surface area contributed by atoms with E-state index in [1.807, 2.05) is 19.2 Å². The van der Waals surface area contributed by atoms with Gasteiger partial charge in [0.25, 0.3) is 0 Å². The monoisotopic (exact) mass is 274 g/mol. The number of rotatable bonds is 6. The molecule has 1 aromatic heterocycles. The first-order valence-corrected chi connectivity index (χ1v) is 6.74. The highest BCUT2D eigenvalue weighted by Crippen LogP contribution is 2.18. The van der Waals surface area contributed by atoms with Gasteiger partial charge in [0, 0.05) is 11.6 Å². The molecular formula is C16H19FN2O. The summed E-state index contributed by atoms with van der Waals surface area (Å²) in [5.74, 6) is 0.390. The highest BCUT2D eigenvalue weighted by Gasteiger charge is 2.08. The van der Waals surface area contributed by atoms with Gasteiger partial charge in [-0.1, -0.05) is 25.1 Å². The maximum Gasteiger partial charge on any atom is 0.138 e. The van der Waals surface area contributed by atoms with Crippen LogP contribution in [0.3, 0.4) is 0 Å². The van der Waals surface area contributed by atoms with Crippen molar-refractivity contribution >= 4 is 0 Å². The van der Waals surface area contributed by atoms with Crippen LogP contribution in [0, 0.1) is 5.82 Å². The largest absolute Gasteiger partial charge is 0.487 e. The number of nitrogens with one attached hydrogen (secondary N) is 1. The lowest BCUT2D eigenvalue weighted by Crippen LogP contribution is -2.16. The van der Waals surface area contributed by atoms with Gasteiger partial charge in [-0.15, -0.1) is 0 Å². The molecule has 2 aromatic rings. The van der Waals surface area contributed by atoms with Gasteiger partial charge in [0.2, 0.25) is 0 Å². The molecule has 0 saturated carbocycles. The maximum atomic E-state index is 13.5. The van der Waals surface area contributed by atoms with Crippen LogP contribution in [0.5, 0.6) is 5.75 Å². The summed E-state index contributed by atoms with van der Waals surface area (Å²) in [4.78, 5) is 4.37. The number of hydrogen-bond acceptors (Lipinski definition) is 3. The molecule has 2 rings (SSSR count). The van der Waals surface area contributed by atoms with Gasteiger partial charge in [-0.25, -0.2) is 4.39 Å². The van der Waals surface area contributed by atoms with E-state index < -0.39 is 0 Å². The summed E-state index contributed by atoms with van der Waals surface area (Å²) in [6.45, 7) is 2.31. The first-order chi connectivity index (χ1) is 9.74. The number of halogens is 1. The van der Waals surface area contributed by atoms with Crippen LogP contribution in [0.1, 0.15) is 30.6 Å². The van der Waals surface area contributed by atoms with E-state index in [0.29, 0.717) is 11.3 Å². The number of nitrogens with zero attached hydrogens (tertiary/aromatic N) is 1. The van der Waals surface area contributed by atoms with Crippen molar-refractivity contribution in [2.45, 2.75) is 26.0 Å². The van der Waals surface area contributed by atoms with Crippen molar-refractivity contribution in [3.63, 3.8) is 0 Å². The molecule has 106 valence electrons. The second-order valence-electron chi connectivity index (χ2n) is 4.55. The molecule has 0 bridgehead atoms. The third kappa shape index (κ3) is 3.54. The quantitative estimate of drug-likeness (QED) is 0.875. The van der Waals surface area contributed by atoms with Gasteiger partial charge in [-0.3, -0.25) is 4.98 Å². The molecule has 0 spiro atoms. The Morgan fingerprint density at radius 1 is 1.25 bits per heavy atom. The second kappa shape index (κ2) is 7.01. The van der Waals surface area contributed by atoms with Gasteiger partial charge in [0.15, 0.2) is 0 Å². The summed E-state index contributed by atoms with van der Waals surface area (Å²) in [6, 6.07) is 10.6. The molecular weight excluding hydrogens is 255 g/mol. The number of pyridine rings is 1. The van der Waals surface area contributed by atoms with Crippen molar-refractivity contribution in [1.82, 2.24) is 10.3 Å². The lowest BCUT2D eigenvalue weighted by Gasteiger charge is -2.13. The van der Waals surface area contributed by atoms with Crippen molar-refractivity contribution < 1.29 is 9.13 Å². The lowest BCUT2D eigenvalue weighted by atomic mass is 10.1. The Morgan fingerprint density at radius 3 is 2.65 bits per heavy atom. The zero-order valence-electron chi connectivity index (χ0n) is 11.8. The number of aromatic nitrogens is 1. The molecule has 4 heteroatoms. The summed E-state index contributed by atoms with van der Waals surface area (Å²) in [5.41, 5.74) is 1.52. The number of benzene rings is 1. The second-order valence-corrected chi connectivity index (χ2v) is 4.55. The first-order valence-electron chi connectivity index (χ1n) is 6.74. The molecule has 0 radical (unpaired) electrons. The molecule has 1 unspecified atom stereocenters. The van der Waals surface area contributed by atoms with Crippen LogP contribution in [0.2, 0.25) is 0 Å². The smallest absolute Gasteiger partial charge is 0.138 e. The van der Waals surface area contributed by atoms with Gasteiger partial charge in [0.1, 0.15) is 18.2 Å². The standard InChI is InChI=1S/C16H19FN2O/c1-3-15(18-2)16-9-8-13(10-19-16)20-11-12-6-4-5-7-14(12)17/h4-10,15,18H,3,11H2,1-2H3. The molecule has 0 aliphatic carbocycles. The molecule has 1 atom stereocenters. The van der Waals surface area contributed by atoms with E-state index in [1.165, 1.54) is 6.07 Å². The van der Waals surface area contributed by atoms with E-state index in [-0.39, 0.29) is 18.5 Å². The minimum atomic E-state index is -0.252. The fourth-order valence-corrected chi connectivity index (χ4v) is 2.02. The highest BCUT2D eigenvalue weighted by molar-refractivity contribution is 5.23. The average Bonchev–Trinajstić information content (AvgIpc) is 2.49. The molecule has 1 heterocycles. The third-order valence-corrected chi connectivity index (χ3v) is 3.23.